The van der Waals surface area contributed by atoms with Gasteiger partial charge in [-0.25, -0.2) is 9.59 Å². The molecule has 8 nitrogen and oxygen atoms in total. The number of ether oxygens (including phenoxy) is 1. The number of morpholine rings is 1. The number of aliphatic carboxylic acids is 2. The number of benzene rings is 1. The number of rotatable bonds is 1. The molecule has 1 saturated heterocycles. The van der Waals surface area contributed by atoms with Crippen LogP contribution in [0.3, 0.4) is 0 Å². The number of carboxylic acid groups (broad SMARTS) is 2. The second kappa shape index (κ2) is 8.30. The van der Waals surface area contributed by atoms with Crippen molar-refractivity contribution in [1.82, 2.24) is 10.2 Å². The van der Waals surface area contributed by atoms with E-state index in [9.17, 15) is 0 Å². The molecule has 1 aromatic rings. The predicted octanol–water partition coefficient (Wildman–Crippen LogP) is 0.483. The van der Waals surface area contributed by atoms with E-state index in [1.54, 1.807) is 0 Å². The molecule has 1 atom stereocenters. The molecule has 130 valence electrons. The van der Waals surface area contributed by atoms with Crippen molar-refractivity contribution in [1.29, 1.82) is 0 Å². The maximum atomic E-state index is 9.10. The van der Waals surface area contributed by atoms with Gasteiger partial charge in [-0.3, -0.25) is 4.99 Å². The van der Waals surface area contributed by atoms with Crippen molar-refractivity contribution in [2.24, 2.45) is 4.99 Å². The molecule has 2 heterocycles. The van der Waals surface area contributed by atoms with Crippen LogP contribution in [0.2, 0.25) is 0 Å². The van der Waals surface area contributed by atoms with Crippen molar-refractivity contribution in [3.05, 3.63) is 35.4 Å². The molecule has 0 saturated carbocycles. The molecule has 2 aliphatic rings. The Morgan fingerprint density at radius 1 is 1.17 bits per heavy atom. The number of carbonyl (C=O) groups is 2. The lowest BCUT2D eigenvalue weighted by Gasteiger charge is -2.29. The van der Waals surface area contributed by atoms with Crippen LogP contribution in [0.15, 0.2) is 29.3 Å². The molecule has 3 N–H and O–H groups in total. The Kier molecular flexibility index (Phi) is 6.14. The van der Waals surface area contributed by atoms with Gasteiger partial charge in [0.15, 0.2) is 5.96 Å². The smallest absolute Gasteiger partial charge is 0.414 e. The lowest BCUT2D eigenvalue weighted by molar-refractivity contribution is -0.159. The van der Waals surface area contributed by atoms with Crippen LogP contribution in [-0.4, -0.2) is 65.9 Å². The van der Waals surface area contributed by atoms with Gasteiger partial charge in [0.1, 0.15) is 0 Å². The number of guanidine groups is 1. The Morgan fingerprint density at radius 2 is 1.75 bits per heavy atom. The monoisotopic (exact) mass is 335 g/mol. The molecule has 1 fully saturated rings. The fraction of sp³-hybridized carbons (Fsp3) is 0.438. The number of nitrogens with one attached hydrogen (secondary N) is 1. The van der Waals surface area contributed by atoms with Gasteiger partial charge in [-0.15, -0.1) is 0 Å². The molecule has 1 unspecified atom stereocenters. The van der Waals surface area contributed by atoms with Gasteiger partial charge in [-0.05, 0) is 12.5 Å². The summed E-state index contributed by atoms with van der Waals surface area (Å²) in [7, 11) is 0. The summed E-state index contributed by atoms with van der Waals surface area (Å²) in [4.78, 5) is 25.1. The Hall–Kier alpha value is -2.61. The molecule has 0 aromatic heterocycles. The van der Waals surface area contributed by atoms with Crippen molar-refractivity contribution >= 4 is 17.9 Å². The predicted molar refractivity (Wildman–Crippen MR) is 87.0 cm³/mol. The second-order valence-electron chi connectivity index (χ2n) is 5.48. The van der Waals surface area contributed by atoms with Crippen LogP contribution in [0.4, 0.5) is 0 Å². The van der Waals surface area contributed by atoms with Crippen molar-refractivity contribution in [3.8, 4) is 0 Å². The van der Waals surface area contributed by atoms with E-state index in [1.165, 1.54) is 11.1 Å². The summed E-state index contributed by atoms with van der Waals surface area (Å²) < 4.78 is 5.36. The van der Waals surface area contributed by atoms with E-state index < -0.39 is 11.9 Å². The number of hydrogen-bond donors (Lipinski definition) is 3. The average molecular weight is 335 g/mol. The van der Waals surface area contributed by atoms with E-state index in [2.05, 4.69) is 46.4 Å². The Bertz CT molecular complexity index is 597. The molecule has 24 heavy (non-hydrogen) atoms. The molecule has 0 amide bonds. The van der Waals surface area contributed by atoms with Crippen LogP contribution in [0.1, 0.15) is 17.2 Å². The zero-order valence-corrected chi connectivity index (χ0v) is 13.4. The Labute approximate surface area is 139 Å². The summed E-state index contributed by atoms with van der Waals surface area (Å²) in [6.07, 6.45) is 0. The van der Waals surface area contributed by atoms with Gasteiger partial charge in [0.25, 0.3) is 0 Å². The van der Waals surface area contributed by atoms with Crippen LogP contribution >= 0.6 is 0 Å². The van der Waals surface area contributed by atoms with E-state index in [1.807, 2.05) is 0 Å². The molecule has 0 aliphatic carbocycles. The molecule has 0 radical (unpaired) electrons. The average Bonchev–Trinajstić information content (AvgIpc) is 3.07. The first-order valence-corrected chi connectivity index (χ1v) is 7.64. The zero-order valence-electron chi connectivity index (χ0n) is 13.4. The number of aryl methyl sites for hydroxylation is 1. The highest BCUT2D eigenvalue weighted by molar-refractivity contribution is 6.27. The van der Waals surface area contributed by atoms with E-state index in [-0.39, 0.29) is 0 Å². The van der Waals surface area contributed by atoms with Crippen LogP contribution in [0.25, 0.3) is 0 Å². The van der Waals surface area contributed by atoms with Crippen molar-refractivity contribution in [2.75, 3.05) is 32.8 Å². The van der Waals surface area contributed by atoms with Crippen molar-refractivity contribution in [3.63, 3.8) is 0 Å². The van der Waals surface area contributed by atoms with E-state index in [0.29, 0.717) is 6.04 Å². The summed E-state index contributed by atoms with van der Waals surface area (Å²) in [5, 5.41) is 18.3. The van der Waals surface area contributed by atoms with Gasteiger partial charge >= 0.3 is 11.9 Å². The second-order valence-corrected chi connectivity index (χ2v) is 5.48. The van der Waals surface area contributed by atoms with Crippen LogP contribution in [0.5, 0.6) is 0 Å². The molecule has 2 aliphatic heterocycles. The molecule has 1 aromatic carbocycles. The summed E-state index contributed by atoms with van der Waals surface area (Å²) in [6.45, 7) is 6.42. The van der Waals surface area contributed by atoms with Crippen LogP contribution in [0, 0.1) is 6.92 Å². The summed E-state index contributed by atoms with van der Waals surface area (Å²) in [5.74, 6) is -2.62. The number of aliphatic imine (C=N–C) groups is 1. The molecule has 0 bridgehead atoms. The summed E-state index contributed by atoms with van der Waals surface area (Å²) >= 11 is 0. The SMILES string of the molecule is Cc1ccc(C2CN=C(N3CCOCC3)N2)cc1.O=C(O)C(=O)O. The maximum Gasteiger partial charge on any atom is 0.414 e. The first kappa shape index (κ1) is 17.7. The van der Waals surface area contributed by atoms with Gasteiger partial charge in [0.2, 0.25) is 0 Å². The molecular weight excluding hydrogens is 314 g/mol. The third-order valence-corrected chi connectivity index (χ3v) is 3.70. The largest absolute Gasteiger partial charge is 0.473 e. The van der Waals surface area contributed by atoms with Gasteiger partial charge in [-0.1, -0.05) is 29.8 Å². The topological polar surface area (TPSA) is 111 Å². The van der Waals surface area contributed by atoms with Crippen LogP contribution < -0.4 is 5.32 Å². The first-order chi connectivity index (χ1) is 11.5. The molecular formula is C16H21N3O5. The minimum atomic E-state index is -1.82. The molecule has 8 heteroatoms. The number of carboxylic acids is 2. The Balaban J connectivity index is 0.000000301. The quantitative estimate of drug-likeness (QED) is 0.640. The van der Waals surface area contributed by atoms with Gasteiger partial charge < -0.3 is 25.2 Å². The summed E-state index contributed by atoms with van der Waals surface area (Å²) in [6, 6.07) is 9.01. The van der Waals surface area contributed by atoms with E-state index in [0.717, 1.165) is 38.8 Å². The first-order valence-electron chi connectivity index (χ1n) is 7.64. The lowest BCUT2D eigenvalue weighted by Crippen LogP contribution is -2.45. The highest BCUT2D eigenvalue weighted by Gasteiger charge is 2.24. The highest BCUT2D eigenvalue weighted by atomic mass is 16.5. The lowest BCUT2D eigenvalue weighted by atomic mass is 10.1. The third kappa shape index (κ3) is 4.95. The normalized spacial score (nSPS) is 19.6. The maximum absolute atomic E-state index is 9.10. The third-order valence-electron chi connectivity index (χ3n) is 3.70. The minimum absolute atomic E-state index is 0.323. The van der Waals surface area contributed by atoms with E-state index >= 15 is 0 Å². The minimum Gasteiger partial charge on any atom is -0.473 e. The van der Waals surface area contributed by atoms with E-state index in [4.69, 9.17) is 24.5 Å². The number of hydrogen-bond acceptors (Lipinski definition) is 6. The number of nitrogens with zero attached hydrogens (tertiary/aromatic N) is 2. The highest BCUT2D eigenvalue weighted by Crippen LogP contribution is 2.19. The van der Waals surface area contributed by atoms with Gasteiger partial charge in [0, 0.05) is 13.1 Å². The van der Waals surface area contributed by atoms with Crippen molar-refractivity contribution < 1.29 is 24.5 Å². The van der Waals surface area contributed by atoms with Gasteiger partial charge in [-0.2, -0.15) is 0 Å². The molecule has 3 rings (SSSR count). The van der Waals surface area contributed by atoms with Crippen LogP contribution in [-0.2, 0) is 14.3 Å². The van der Waals surface area contributed by atoms with Crippen molar-refractivity contribution in [2.45, 2.75) is 13.0 Å². The fourth-order valence-electron chi connectivity index (χ4n) is 2.38. The standard InChI is InChI=1S/C14H19N3O.C2H2O4/c1-11-2-4-12(5-3-11)13-10-15-14(16-13)17-6-8-18-9-7-17;3-1(4)2(5)6/h2-5,13H,6-10H2,1H3,(H,15,16);(H,3,4)(H,5,6). The zero-order chi connectivity index (χ0) is 17.5. The molecule has 0 spiro atoms. The Morgan fingerprint density at radius 3 is 2.29 bits per heavy atom. The summed E-state index contributed by atoms with van der Waals surface area (Å²) in [5.41, 5.74) is 2.61. The van der Waals surface area contributed by atoms with Gasteiger partial charge in [0.05, 0.1) is 25.8 Å². The fourth-order valence-corrected chi connectivity index (χ4v) is 2.38.